The monoisotopic (exact) mass is 345 g/mol. The van der Waals surface area contributed by atoms with Gasteiger partial charge < -0.3 is 0 Å². The van der Waals surface area contributed by atoms with Gasteiger partial charge in [0.05, 0.1) is 22.9 Å². The number of aliphatic imine (C=N–C) groups is 1. The summed E-state index contributed by atoms with van der Waals surface area (Å²) < 4.78 is 27.3. The second-order valence-electron chi connectivity index (χ2n) is 5.36. The lowest BCUT2D eigenvalue weighted by atomic mass is 10.2. The lowest BCUT2D eigenvalue weighted by Crippen LogP contribution is -2.35. The Morgan fingerprint density at radius 1 is 1.17 bits per heavy atom. The number of aryl methyl sites for hydroxylation is 1. The van der Waals surface area contributed by atoms with E-state index in [-0.39, 0.29) is 17.1 Å². The summed E-state index contributed by atoms with van der Waals surface area (Å²) in [5.41, 5.74) is 0.901. The van der Waals surface area contributed by atoms with Crippen LogP contribution in [0.2, 0.25) is 0 Å². The molecular formula is C16H15N3O4S. The van der Waals surface area contributed by atoms with Gasteiger partial charge in [-0.3, -0.25) is 15.1 Å². The average molecular weight is 345 g/mol. The highest BCUT2D eigenvalue weighted by Crippen LogP contribution is 2.27. The molecule has 2 aromatic carbocycles. The molecule has 0 unspecified atom stereocenters. The van der Waals surface area contributed by atoms with Gasteiger partial charge in [0.25, 0.3) is 15.7 Å². The van der Waals surface area contributed by atoms with Crippen LogP contribution in [0, 0.1) is 17.0 Å². The highest BCUT2D eigenvalue weighted by molar-refractivity contribution is 7.89. The van der Waals surface area contributed by atoms with E-state index in [9.17, 15) is 18.5 Å². The number of benzene rings is 2. The van der Waals surface area contributed by atoms with Crippen molar-refractivity contribution in [1.29, 1.82) is 0 Å². The number of sulfonamides is 1. The molecule has 0 saturated carbocycles. The second kappa shape index (κ2) is 6.04. The zero-order valence-electron chi connectivity index (χ0n) is 12.9. The average Bonchev–Trinajstić information content (AvgIpc) is 3.06. The third kappa shape index (κ3) is 2.76. The number of nitro groups is 1. The van der Waals surface area contributed by atoms with Crippen LogP contribution in [-0.4, -0.2) is 36.6 Å². The van der Waals surface area contributed by atoms with Gasteiger partial charge in [-0.2, -0.15) is 0 Å². The summed E-state index contributed by atoms with van der Waals surface area (Å²) >= 11 is 0. The minimum atomic E-state index is -3.92. The Balaban J connectivity index is 2.07. The third-order valence-corrected chi connectivity index (χ3v) is 5.71. The van der Waals surface area contributed by atoms with Crippen molar-refractivity contribution in [2.45, 2.75) is 11.8 Å². The fraction of sp³-hybridized carbons (Fsp3) is 0.188. The van der Waals surface area contributed by atoms with Gasteiger partial charge >= 0.3 is 0 Å². The Kier molecular flexibility index (Phi) is 4.06. The van der Waals surface area contributed by atoms with Crippen molar-refractivity contribution in [1.82, 2.24) is 4.31 Å². The molecule has 0 fully saturated rings. The predicted octanol–water partition coefficient (Wildman–Crippen LogP) is 2.35. The van der Waals surface area contributed by atoms with E-state index in [1.165, 1.54) is 16.4 Å². The Labute approximate surface area is 139 Å². The fourth-order valence-electron chi connectivity index (χ4n) is 2.59. The summed E-state index contributed by atoms with van der Waals surface area (Å²) in [4.78, 5) is 14.6. The first-order valence-corrected chi connectivity index (χ1v) is 8.73. The van der Waals surface area contributed by atoms with E-state index in [0.29, 0.717) is 23.5 Å². The Bertz CT molecular complexity index is 924. The van der Waals surface area contributed by atoms with Crippen molar-refractivity contribution in [3.8, 4) is 0 Å². The summed E-state index contributed by atoms with van der Waals surface area (Å²) in [7, 11) is -3.92. The van der Waals surface area contributed by atoms with E-state index < -0.39 is 14.9 Å². The lowest BCUT2D eigenvalue weighted by molar-refractivity contribution is -0.385. The van der Waals surface area contributed by atoms with E-state index in [0.717, 1.165) is 6.07 Å². The molecule has 0 bridgehead atoms. The lowest BCUT2D eigenvalue weighted by Gasteiger charge is -2.21. The van der Waals surface area contributed by atoms with Crippen LogP contribution in [-0.2, 0) is 10.0 Å². The molecule has 1 aliphatic rings. The second-order valence-corrected chi connectivity index (χ2v) is 7.19. The largest absolute Gasteiger partial charge is 0.270 e. The standard InChI is InChI=1S/C16H15N3O4S/c1-12-7-8-14(19(20)21)11-15(12)24(22,23)18-10-9-17-16(18)13-5-3-2-4-6-13/h2-8,11H,9-10H2,1H3. The van der Waals surface area contributed by atoms with E-state index in [1.54, 1.807) is 31.2 Å². The molecule has 3 rings (SSSR count). The molecule has 0 saturated heterocycles. The van der Waals surface area contributed by atoms with Gasteiger partial charge in [0, 0.05) is 17.7 Å². The highest BCUT2D eigenvalue weighted by Gasteiger charge is 2.33. The Morgan fingerprint density at radius 3 is 2.54 bits per heavy atom. The molecule has 0 aromatic heterocycles. The summed E-state index contributed by atoms with van der Waals surface area (Å²) in [5.74, 6) is 0.363. The molecule has 0 N–H and O–H groups in total. The number of nitro benzene ring substituents is 1. The maximum Gasteiger partial charge on any atom is 0.270 e. The number of non-ortho nitro benzene ring substituents is 1. The first-order chi connectivity index (χ1) is 11.4. The van der Waals surface area contributed by atoms with Crippen LogP contribution in [0.5, 0.6) is 0 Å². The van der Waals surface area contributed by atoms with Crippen LogP contribution in [0.4, 0.5) is 5.69 Å². The van der Waals surface area contributed by atoms with E-state index in [4.69, 9.17) is 0 Å². The number of hydrogen-bond acceptors (Lipinski definition) is 5. The molecule has 7 nitrogen and oxygen atoms in total. The Hall–Kier alpha value is -2.74. The number of rotatable bonds is 4. The molecule has 0 radical (unpaired) electrons. The highest BCUT2D eigenvalue weighted by atomic mass is 32.2. The maximum absolute atomic E-state index is 13.0. The van der Waals surface area contributed by atoms with Gasteiger partial charge in [0.15, 0.2) is 0 Å². The number of hydrogen-bond donors (Lipinski definition) is 0. The molecule has 1 aliphatic heterocycles. The van der Waals surface area contributed by atoms with Crippen LogP contribution in [0.3, 0.4) is 0 Å². The quantitative estimate of drug-likeness (QED) is 0.628. The van der Waals surface area contributed by atoms with Gasteiger partial charge in [-0.15, -0.1) is 0 Å². The van der Waals surface area contributed by atoms with E-state index >= 15 is 0 Å². The van der Waals surface area contributed by atoms with Gasteiger partial charge in [0.2, 0.25) is 0 Å². The van der Waals surface area contributed by atoms with Gasteiger partial charge in [0.1, 0.15) is 5.84 Å². The maximum atomic E-state index is 13.0. The van der Waals surface area contributed by atoms with Crippen molar-refractivity contribution in [3.05, 3.63) is 69.8 Å². The molecule has 2 aromatic rings. The summed E-state index contributed by atoms with van der Waals surface area (Å²) in [5, 5.41) is 11.0. The van der Waals surface area contributed by atoms with Crippen molar-refractivity contribution in [2.75, 3.05) is 13.1 Å². The fourth-order valence-corrected chi connectivity index (χ4v) is 4.28. The summed E-state index contributed by atoms with van der Waals surface area (Å²) in [6, 6.07) is 12.9. The Morgan fingerprint density at radius 2 is 1.88 bits per heavy atom. The molecule has 0 atom stereocenters. The van der Waals surface area contributed by atoms with Crippen LogP contribution in [0.15, 0.2) is 58.4 Å². The van der Waals surface area contributed by atoms with Crippen molar-refractivity contribution >= 4 is 21.5 Å². The first kappa shape index (κ1) is 16.1. The molecule has 1 heterocycles. The smallest absolute Gasteiger partial charge is 0.265 e. The summed E-state index contributed by atoms with van der Waals surface area (Å²) in [6.45, 7) is 2.19. The normalized spacial score (nSPS) is 14.5. The van der Waals surface area contributed by atoms with Crippen LogP contribution >= 0.6 is 0 Å². The van der Waals surface area contributed by atoms with Crippen molar-refractivity contribution in [2.24, 2.45) is 4.99 Å². The SMILES string of the molecule is Cc1ccc([N+](=O)[O-])cc1S(=O)(=O)N1CCN=C1c1ccccc1. The molecule has 124 valence electrons. The first-order valence-electron chi connectivity index (χ1n) is 7.29. The molecule has 0 aliphatic carbocycles. The molecule has 0 amide bonds. The van der Waals surface area contributed by atoms with Gasteiger partial charge in [-0.05, 0) is 12.5 Å². The number of nitrogens with zero attached hydrogens (tertiary/aromatic N) is 3. The third-order valence-electron chi connectivity index (χ3n) is 3.78. The molecule has 8 heteroatoms. The van der Waals surface area contributed by atoms with Crippen LogP contribution < -0.4 is 0 Å². The van der Waals surface area contributed by atoms with E-state index in [2.05, 4.69) is 4.99 Å². The molecule has 24 heavy (non-hydrogen) atoms. The minimum Gasteiger partial charge on any atom is -0.265 e. The molecular weight excluding hydrogens is 330 g/mol. The van der Waals surface area contributed by atoms with E-state index in [1.807, 2.05) is 6.07 Å². The van der Waals surface area contributed by atoms with Gasteiger partial charge in [-0.25, -0.2) is 12.7 Å². The number of amidine groups is 1. The molecule has 0 spiro atoms. The van der Waals surface area contributed by atoms with Crippen molar-refractivity contribution < 1.29 is 13.3 Å². The topological polar surface area (TPSA) is 92.9 Å². The zero-order chi connectivity index (χ0) is 17.3. The summed E-state index contributed by atoms with van der Waals surface area (Å²) in [6.07, 6.45) is 0. The van der Waals surface area contributed by atoms with Gasteiger partial charge in [-0.1, -0.05) is 36.4 Å². The predicted molar refractivity (Wildman–Crippen MR) is 89.6 cm³/mol. The van der Waals surface area contributed by atoms with Crippen molar-refractivity contribution in [3.63, 3.8) is 0 Å². The minimum absolute atomic E-state index is 0.0674. The zero-order valence-corrected chi connectivity index (χ0v) is 13.7. The van der Waals surface area contributed by atoms with Crippen LogP contribution in [0.25, 0.3) is 0 Å². The van der Waals surface area contributed by atoms with Crippen LogP contribution in [0.1, 0.15) is 11.1 Å².